The quantitative estimate of drug-likeness (QED) is 0.465. The molecule has 2 aliphatic rings. The Morgan fingerprint density at radius 3 is 2.30 bits per heavy atom. The second-order valence-corrected chi connectivity index (χ2v) is 8.46. The lowest BCUT2D eigenvalue weighted by Crippen LogP contribution is -2.18. The Bertz CT molecular complexity index is 919. The monoisotopic (exact) mass is 418 g/mol. The molecule has 0 saturated heterocycles. The summed E-state index contributed by atoms with van der Waals surface area (Å²) in [5.41, 5.74) is 4.92. The SMILES string of the molecule is CCC1CCC(c2ccc(C3=CCc4cc(OC(F)(F)F)c(F)cc4C3)cc2)CC1. The van der Waals surface area contributed by atoms with Crippen molar-refractivity contribution in [3.05, 3.63) is 70.5 Å². The van der Waals surface area contributed by atoms with Crippen LogP contribution in [0.15, 0.2) is 42.5 Å². The van der Waals surface area contributed by atoms with Gasteiger partial charge < -0.3 is 4.74 Å². The summed E-state index contributed by atoms with van der Waals surface area (Å²) in [4.78, 5) is 0. The lowest BCUT2D eigenvalue weighted by atomic mass is 9.77. The molecule has 0 atom stereocenters. The maximum atomic E-state index is 14.1. The molecule has 30 heavy (non-hydrogen) atoms. The topological polar surface area (TPSA) is 9.23 Å². The van der Waals surface area contributed by atoms with Gasteiger partial charge in [-0.05, 0) is 90.3 Å². The molecular formula is C25H26F4O. The van der Waals surface area contributed by atoms with E-state index in [1.54, 1.807) is 0 Å². The first-order chi connectivity index (χ1) is 14.3. The summed E-state index contributed by atoms with van der Waals surface area (Å²) in [5, 5.41) is 0. The van der Waals surface area contributed by atoms with E-state index in [1.165, 1.54) is 49.8 Å². The normalized spacial score (nSPS) is 21.7. The fourth-order valence-electron chi connectivity index (χ4n) is 4.80. The average molecular weight is 418 g/mol. The molecule has 0 unspecified atom stereocenters. The third-order valence-corrected chi connectivity index (χ3v) is 6.61. The van der Waals surface area contributed by atoms with Crippen molar-refractivity contribution in [2.45, 2.75) is 64.1 Å². The third-order valence-electron chi connectivity index (χ3n) is 6.61. The van der Waals surface area contributed by atoms with Gasteiger partial charge in [-0.25, -0.2) is 4.39 Å². The van der Waals surface area contributed by atoms with E-state index in [2.05, 4.69) is 35.9 Å². The Morgan fingerprint density at radius 1 is 0.967 bits per heavy atom. The molecule has 0 heterocycles. The molecule has 0 N–H and O–H groups in total. The van der Waals surface area contributed by atoms with Crippen LogP contribution in [-0.4, -0.2) is 6.36 Å². The summed E-state index contributed by atoms with van der Waals surface area (Å²) in [6, 6.07) is 11.0. The van der Waals surface area contributed by atoms with Crippen molar-refractivity contribution in [3.8, 4) is 5.75 Å². The lowest BCUT2D eigenvalue weighted by Gasteiger charge is -2.28. The number of benzene rings is 2. The van der Waals surface area contributed by atoms with E-state index in [1.807, 2.05) is 6.08 Å². The van der Waals surface area contributed by atoms with Crippen LogP contribution in [-0.2, 0) is 12.8 Å². The van der Waals surface area contributed by atoms with E-state index in [-0.39, 0.29) is 0 Å². The Hall–Kier alpha value is -2.30. The summed E-state index contributed by atoms with van der Waals surface area (Å²) in [6.45, 7) is 2.27. The van der Waals surface area contributed by atoms with Gasteiger partial charge in [-0.2, -0.15) is 0 Å². The van der Waals surface area contributed by atoms with Crippen LogP contribution < -0.4 is 4.74 Å². The number of allylic oxidation sites excluding steroid dienone is 2. The van der Waals surface area contributed by atoms with Gasteiger partial charge >= 0.3 is 6.36 Å². The van der Waals surface area contributed by atoms with Gasteiger partial charge in [0.15, 0.2) is 11.6 Å². The van der Waals surface area contributed by atoms with Gasteiger partial charge in [-0.15, -0.1) is 13.2 Å². The summed E-state index contributed by atoms with van der Waals surface area (Å²) < 4.78 is 55.2. The number of rotatable bonds is 4. The average Bonchev–Trinajstić information content (AvgIpc) is 2.73. The zero-order valence-electron chi connectivity index (χ0n) is 17.1. The highest BCUT2D eigenvalue weighted by Gasteiger charge is 2.33. The van der Waals surface area contributed by atoms with Crippen molar-refractivity contribution in [2.24, 2.45) is 5.92 Å². The van der Waals surface area contributed by atoms with Gasteiger partial charge in [-0.1, -0.05) is 43.7 Å². The van der Waals surface area contributed by atoms with E-state index >= 15 is 0 Å². The third kappa shape index (κ3) is 4.71. The van der Waals surface area contributed by atoms with Crippen molar-refractivity contribution in [1.29, 1.82) is 0 Å². The predicted octanol–water partition coefficient (Wildman–Crippen LogP) is 7.59. The fourth-order valence-corrected chi connectivity index (χ4v) is 4.80. The minimum Gasteiger partial charge on any atom is -0.403 e. The lowest BCUT2D eigenvalue weighted by molar-refractivity contribution is -0.275. The molecule has 1 nitrogen and oxygen atoms in total. The number of hydrogen-bond acceptors (Lipinski definition) is 1. The van der Waals surface area contributed by atoms with E-state index in [4.69, 9.17) is 0 Å². The first kappa shape index (κ1) is 21.0. The summed E-state index contributed by atoms with van der Waals surface area (Å²) in [6.07, 6.45) is 4.44. The number of halogens is 4. The maximum Gasteiger partial charge on any atom is 0.573 e. The zero-order chi connectivity index (χ0) is 21.3. The van der Waals surface area contributed by atoms with Gasteiger partial charge in [0, 0.05) is 0 Å². The van der Waals surface area contributed by atoms with Crippen LogP contribution in [0.25, 0.3) is 5.57 Å². The van der Waals surface area contributed by atoms with Crippen molar-refractivity contribution in [2.75, 3.05) is 0 Å². The van der Waals surface area contributed by atoms with Crippen molar-refractivity contribution >= 4 is 5.57 Å². The molecule has 2 aromatic carbocycles. The van der Waals surface area contributed by atoms with E-state index in [0.29, 0.717) is 29.9 Å². The van der Waals surface area contributed by atoms with Crippen LogP contribution in [0.5, 0.6) is 5.75 Å². The van der Waals surface area contributed by atoms with Gasteiger partial charge in [-0.3, -0.25) is 0 Å². The predicted molar refractivity (Wildman–Crippen MR) is 110 cm³/mol. The molecule has 0 aliphatic heterocycles. The van der Waals surface area contributed by atoms with Crippen LogP contribution >= 0.6 is 0 Å². The molecular weight excluding hydrogens is 392 g/mol. The van der Waals surface area contributed by atoms with Crippen LogP contribution in [0.4, 0.5) is 17.6 Å². The second kappa shape index (κ2) is 8.44. The molecule has 0 amide bonds. The van der Waals surface area contributed by atoms with Gasteiger partial charge in [0.25, 0.3) is 0 Å². The van der Waals surface area contributed by atoms with Crippen LogP contribution in [0.1, 0.15) is 67.2 Å². The summed E-state index contributed by atoms with van der Waals surface area (Å²) in [7, 11) is 0. The molecule has 1 fully saturated rings. The molecule has 2 aromatic rings. The van der Waals surface area contributed by atoms with E-state index < -0.39 is 17.9 Å². The van der Waals surface area contributed by atoms with Gasteiger partial charge in [0.1, 0.15) is 0 Å². The Morgan fingerprint density at radius 2 is 1.67 bits per heavy atom. The molecule has 0 radical (unpaired) electrons. The van der Waals surface area contributed by atoms with Crippen molar-refractivity contribution in [1.82, 2.24) is 0 Å². The number of ether oxygens (including phenoxy) is 1. The second-order valence-electron chi connectivity index (χ2n) is 8.46. The molecule has 0 spiro atoms. The van der Waals surface area contributed by atoms with Crippen LogP contribution in [0, 0.1) is 11.7 Å². The van der Waals surface area contributed by atoms with Crippen LogP contribution in [0.3, 0.4) is 0 Å². The highest BCUT2D eigenvalue weighted by molar-refractivity contribution is 5.71. The number of hydrogen-bond donors (Lipinski definition) is 0. The molecule has 0 aromatic heterocycles. The van der Waals surface area contributed by atoms with Crippen molar-refractivity contribution < 1.29 is 22.3 Å². The Kier molecular flexibility index (Phi) is 5.90. The van der Waals surface area contributed by atoms with E-state index in [0.717, 1.165) is 17.1 Å². The Balaban J connectivity index is 1.46. The largest absolute Gasteiger partial charge is 0.573 e. The standard InChI is InChI=1S/C25H26F4O/c1-2-16-3-5-17(6-4-16)18-7-9-19(10-8-18)20-11-12-21-15-24(30-25(27,28)29)23(26)14-22(21)13-20/h7-11,14-17H,2-6,12-13H2,1H3. The highest BCUT2D eigenvalue weighted by Crippen LogP contribution is 2.38. The number of alkyl halides is 3. The first-order valence-corrected chi connectivity index (χ1v) is 10.7. The fraction of sp³-hybridized carbons (Fsp3) is 0.440. The summed E-state index contributed by atoms with van der Waals surface area (Å²) in [5.74, 6) is -0.245. The molecule has 0 bridgehead atoms. The minimum absolute atomic E-state index is 0.460. The van der Waals surface area contributed by atoms with Gasteiger partial charge in [0.2, 0.25) is 0 Å². The molecule has 160 valence electrons. The molecule has 1 saturated carbocycles. The van der Waals surface area contributed by atoms with Gasteiger partial charge in [0.05, 0.1) is 0 Å². The molecule has 4 rings (SSSR count). The maximum absolute atomic E-state index is 14.1. The summed E-state index contributed by atoms with van der Waals surface area (Å²) >= 11 is 0. The highest BCUT2D eigenvalue weighted by atomic mass is 19.4. The first-order valence-electron chi connectivity index (χ1n) is 10.7. The van der Waals surface area contributed by atoms with E-state index in [9.17, 15) is 17.6 Å². The van der Waals surface area contributed by atoms with Crippen molar-refractivity contribution in [3.63, 3.8) is 0 Å². The minimum atomic E-state index is -4.90. The van der Waals surface area contributed by atoms with Crippen LogP contribution in [0.2, 0.25) is 0 Å². The molecule has 2 aliphatic carbocycles. The Labute approximate surface area is 174 Å². The molecule has 5 heteroatoms. The smallest absolute Gasteiger partial charge is 0.403 e. The number of fused-ring (bicyclic) bond motifs is 1. The zero-order valence-corrected chi connectivity index (χ0v) is 17.1.